The molecule has 0 saturated carbocycles. The predicted octanol–water partition coefficient (Wildman–Crippen LogP) is 1.47. The minimum absolute atomic E-state index is 0.00482. The van der Waals surface area contributed by atoms with Crippen LogP contribution < -0.4 is 0 Å². The molecule has 140 valence electrons. The van der Waals surface area contributed by atoms with Gasteiger partial charge in [-0.3, -0.25) is 9.59 Å². The van der Waals surface area contributed by atoms with Gasteiger partial charge in [0.2, 0.25) is 0 Å². The average Bonchev–Trinajstić information content (AvgIpc) is 3.14. The molecule has 1 aromatic heterocycles. The Bertz CT molecular complexity index is 946. The molecule has 26 heavy (non-hydrogen) atoms. The van der Waals surface area contributed by atoms with Crippen molar-refractivity contribution < 1.29 is 27.2 Å². The van der Waals surface area contributed by atoms with Crippen LogP contribution in [0.3, 0.4) is 0 Å². The van der Waals surface area contributed by atoms with E-state index in [4.69, 9.17) is 9.15 Å². The lowest BCUT2D eigenvalue weighted by atomic mass is 10.1. The molecule has 1 amide bonds. The lowest BCUT2D eigenvalue weighted by molar-refractivity contribution is -0.151. The number of carbonyl (C=O) groups is 2. The van der Waals surface area contributed by atoms with E-state index in [1.165, 1.54) is 18.2 Å². The summed E-state index contributed by atoms with van der Waals surface area (Å²) >= 11 is 0. The first-order valence-electron chi connectivity index (χ1n) is 8.33. The molecule has 2 heterocycles. The minimum atomic E-state index is -3.08. The van der Waals surface area contributed by atoms with Crippen LogP contribution in [0.4, 0.5) is 0 Å². The number of aryl methyl sites for hydroxylation is 1. The van der Waals surface area contributed by atoms with Crippen molar-refractivity contribution in [3.05, 3.63) is 35.6 Å². The van der Waals surface area contributed by atoms with Crippen molar-refractivity contribution in [1.82, 2.24) is 4.90 Å². The quantitative estimate of drug-likeness (QED) is 0.731. The molecule has 0 radical (unpaired) electrons. The second kappa shape index (κ2) is 7.11. The maximum atomic E-state index is 12.1. The fourth-order valence-electron chi connectivity index (χ4n) is 3.06. The molecule has 2 aromatic rings. The predicted molar refractivity (Wildman–Crippen MR) is 95.4 cm³/mol. The van der Waals surface area contributed by atoms with Gasteiger partial charge >= 0.3 is 5.97 Å². The normalized spacial score (nSPS) is 18.8. The fraction of sp³-hybridized carbons (Fsp3) is 0.444. The molecule has 0 bridgehead atoms. The highest BCUT2D eigenvalue weighted by Crippen LogP contribution is 2.23. The number of likely N-dealkylation sites (N-methyl/N-ethyl adjacent to an activating group) is 1. The van der Waals surface area contributed by atoms with Crippen molar-refractivity contribution in [1.29, 1.82) is 0 Å². The number of fused-ring (bicyclic) bond motifs is 1. The molecule has 1 aliphatic rings. The number of benzene rings is 1. The Hall–Kier alpha value is -2.35. The van der Waals surface area contributed by atoms with E-state index in [1.807, 2.05) is 25.1 Å². The Labute approximate surface area is 151 Å². The van der Waals surface area contributed by atoms with Crippen LogP contribution in [0.1, 0.15) is 17.5 Å². The van der Waals surface area contributed by atoms with Crippen molar-refractivity contribution in [2.24, 2.45) is 0 Å². The molecule has 0 N–H and O–H groups in total. The van der Waals surface area contributed by atoms with Gasteiger partial charge in [-0.2, -0.15) is 0 Å². The Morgan fingerprint density at radius 2 is 2.12 bits per heavy atom. The van der Waals surface area contributed by atoms with Crippen molar-refractivity contribution in [2.75, 3.05) is 25.2 Å². The van der Waals surface area contributed by atoms with E-state index < -0.39 is 28.3 Å². The smallest absolute Gasteiger partial charge is 0.310 e. The zero-order valence-electron chi connectivity index (χ0n) is 14.7. The van der Waals surface area contributed by atoms with Gasteiger partial charge < -0.3 is 14.1 Å². The van der Waals surface area contributed by atoms with Crippen molar-refractivity contribution in [2.45, 2.75) is 25.8 Å². The summed E-state index contributed by atoms with van der Waals surface area (Å²) in [7, 11) is -1.54. The van der Waals surface area contributed by atoms with Crippen molar-refractivity contribution in [3.63, 3.8) is 0 Å². The summed E-state index contributed by atoms with van der Waals surface area (Å²) in [6, 6.07) is 5.35. The number of sulfone groups is 1. The zero-order chi connectivity index (χ0) is 18.9. The third kappa shape index (κ3) is 4.07. The van der Waals surface area contributed by atoms with Crippen molar-refractivity contribution in [3.8, 4) is 0 Å². The van der Waals surface area contributed by atoms with Crippen LogP contribution >= 0.6 is 0 Å². The first kappa shape index (κ1) is 18.4. The number of nitrogens with zero attached hydrogens (tertiary/aromatic N) is 1. The van der Waals surface area contributed by atoms with Gasteiger partial charge in [-0.25, -0.2) is 8.42 Å². The van der Waals surface area contributed by atoms with Gasteiger partial charge in [0, 0.05) is 24.0 Å². The van der Waals surface area contributed by atoms with E-state index in [0.717, 1.165) is 10.9 Å². The van der Waals surface area contributed by atoms with E-state index in [1.54, 1.807) is 0 Å². The maximum absolute atomic E-state index is 12.1. The number of hydrogen-bond acceptors (Lipinski definition) is 6. The van der Waals surface area contributed by atoms with Gasteiger partial charge in [0.25, 0.3) is 5.91 Å². The largest absolute Gasteiger partial charge is 0.464 e. The van der Waals surface area contributed by atoms with Crippen LogP contribution in [0, 0.1) is 6.92 Å². The van der Waals surface area contributed by atoms with Gasteiger partial charge in [-0.05, 0) is 25.0 Å². The number of esters is 1. The molecule has 1 atom stereocenters. The molecule has 0 spiro atoms. The van der Waals surface area contributed by atoms with Crippen LogP contribution in [-0.2, 0) is 30.6 Å². The molecule has 0 aliphatic carbocycles. The number of ether oxygens (including phenoxy) is 1. The second-order valence-electron chi connectivity index (χ2n) is 6.66. The van der Waals surface area contributed by atoms with Crippen LogP contribution in [0.5, 0.6) is 0 Å². The van der Waals surface area contributed by atoms with Crippen LogP contribution in [-0.4, -0.2) is 56.4 Å². The molecule has 1 aromatic carbocycles. The van der Waals surface area contributed by atoms with Crippen LogP contribution in [0.2, 0.25) is 0 Å². The molecule has 3 rings (SSSR count). The molecule has 1 aliphatic heterocycles. The molecule has 8 heteroatoms. The highest BCUT2D eigenvalue weighted by atomic mass is 32.2. The van der Waals surface area contributed by atoms with Gasteiger partial charge in [-0.15, -0.1) is 0 Å². The third-order valence-electron chi connectivity index (χ3n) is 4.65. The first-order chi connectivity index (χ1) is 12.2. The number of carbonyl (C=O) groups excluding carboxylic acids is 2. The average molecular weight is 379 g/mol. The lowest BCUT2D eigenvalue weighted by Crippen LogP contribution is -2.40. The highest BCUT2D eigenvalue weighted by Gasteiger charge is 2.32. The second-order valence-corrected chi connectivity index (χ2v) is 8.89. The summed E-state index contributed by atoms with van der Waals surface area (Å²) < 4.78 is 33.5. The van der Waals surface area contributed by atoms with Gasteiger partial charge in [0.15, 0.2) is 16.4 Å². The third-order valence-corrected chi connectivity index (χ3v) is 6.40. The lowest BCUT2D eigenvalue weighted by Gasteiger charge is -2.23. The summed E-state index contributed by atoms with van der Waals surface area (Å²) in [5.74, 6) is -0.895. The Morgan fingerprint density at radius 3 is 2.81 bits per heavy atom. The molecular formula is C18H21NO6S. The maximum Gasteiger partial charge on any atom is 0.310 e. The Kier molecular flexibility index (Phi) is 5.04. The van der Waals surface area contributed by atoms with Gasteiger partial charge in [-0.1, -0.05) is 12.1 Å². The standard InChI is InChI=1S/C18H21NO6S/c1-12-3-4-15-13(9-24-16(15)7-12)8-18(21)25-10-17(20)19(2)14-5-6-26(22,23)11-14/h3-4,7,9,14H,5-6,8,10-11H2,1-2H3/t14-/m0/s1. The molecule has 1 fully saturated rings. The van der Waals surface area contributed by atoms with Gasteiger partial charge in [0.1, 0.15) is 5.58 Å². The Morgan fingerprint density at radius 1 is 1.35 bits per heavy atom. The van der Waals surface area contributed by atoms with E-state index in [9.17, 15) is 18.0 Å². The minimum Gasteiger partial charge on any atom is -0.464 e. The highest BCUT2D eigenvalue weighted by molar-refractivity contribution is 7.91. The summed E-state index contributed by atoms with van der Waals surface area (Å²) in [6.07, 6.45) is 1.94. The van der Waals surface area contributed by atoms with Gasteiger partial charge in [0.05, 0.1) is 24.2 Å². The molecule has 1 saturated heterocycles. The zero-order valence-corrected chi connectivity index (χ0v) is 15.5. The van der Waals surface area contributed by atoms with E-state index in [0.29, 0.717) is 17.6 Å². The molecular weight excluding hydrogens is 358 g/mol. The molecule has 0 unspecified atom stereocenters. The summed E-state index contributed by atoms with van der Waals surface area (Å²) in [5.41, 5.74) is 2.46. The fourth-order valence-corrected chi connectivity index (χ4v) is 4.84. The topological polar surface area (TPSA) is 93.9 Å². The Balaban J connectivity index is 1.54. The molecule has 7 nitrogen and oxygen atoms in total. The first-order valence-corrected chi connectivity index (χ1v) is 10.2. The number of rotatable bonds is 5. The SMILES string of the molecule is Cc1ccc2c(CC(=O)OCC(=O)N(C)[C@H]3CCS(=O)(=O)C3)coc2c1. The van der Waals surface area contributed by atoms with Crippen molar-refractivity contribution >= 4 is 32.7 Å². The van der Waals surface area contributed by atoms with E-state index in [2.05, 4.69) is 0 Å². The van der Waals surface area contributed by atoms with E-state index >= 15 is 0 Å². The summed E-state index contributed by atoms with van der Waals surface area (Å²) in [5, 5.41) is 0.840. The van der Waals surface area contributed by atoms with Crippen LogP contribution in [0.25, 0.3) is 11.0 Å². The van der Waals surface area contributed by atoms with Crippen LogP contribution in [0.15, 0.2) is 28.9 Å². The van der Waals surface area contributed by atoms with E-state index in [-0.39, 0.29) is 24.0 Å². The number of furan rings is 1. The number of hydrogen-bond donors (Lipinski definition) is 0. The monoisotopic (exact) mass is 379 g/mol. The summed E-state index contributed by atoms with van der Waals surface area (Å²) in [4.78, 5) is 25.5. The summed E-state index contributed by atoms with van der Waals surface area (Å²) in [6.45, 7) is 1.55. The number of amides is 1.